The second-order valence-electron chi connectivity index (χ2n) is 4.23. The van der Waals surface area contributed by atoms with Crippen LogP contribution in [-0.2, 0) is 6.54 Å². The summed E-state index contributed by atoms with van der Waals surface area (Å²) in [6.07, 6.45) is 0. The lowest BCUT2D eigenvalue weighted by atomic mass is 10.0. The third-order valence-electron chi connectivity index (χ3n) is 2.55. The molecule has 0 heterocycles. The zero-order valence-corrected chi connectivity index (χ0v) is 9.70. The summed E-state index contributed by atoms with van der Waals surface area (Å²) in [5, 5.41) is 12.3. The highest BCUT2D eigenvalue weighted by Crippen LogP contribution is 2.16. The van der Waals surface area contributed by atoms with E-state index in [2.05, 4.69) is 5.32 Å². The molecule has 1 aromatic carbocycles. The van der Waals surface area contributed by atoms with Crippen molar-refractivity contribution in [3.8, 4) is 0 Å². The Hall–Kier alpha value is -1.13. The van der Waals surface area contributed by atoms with E-state index < -0.39 is 0 Å². The highest BCUT2D eigenvalue weighted by molar-refractivity contribution is 5.47. The molecule has 0 spiro atoms. The van der Waals surface area contributed by atoms with Gasteiger partial charge < -0.3 is 16.2 Å². The number of benzene rings is 1. The van der Waals surface area contributed by atoms with Crippen molar-refractivity contribution < 1.29 is 9.50 Å². The molecular formula is C12H19FN2O. The number of halogens is 1. The Morgan fingerprint density at radius 3 is 2.56 bits per heavy atom. The summed E-state index contributed by atoms with van der Waals surface area (Å²) in [4.78, 5) is 0. The molecule has 90 valence electrons. The van der Waals surface area contributed by atoms with Crippen LogP contribution < -0.4 is 11.1 Å². The Kier molecular flexibility index (Phi) is 4.71. The van der Waals surface area contributed by atoms with Crippen LogP contribution in [0.5, 0.6) is 0 Å². The number of nitrogens with one attached hydrogen (secondary N) is 1. The van der Waals surface area contributed by atoms with Gasteiger partial charge in [-0.15, -0.1) is 0 Å². The minimum atomic E-state index is -0.314. The highest BCUT2D eigenvalue weighted by Gasteiger charge is 2.12. The van der Waals surface area contributed by atoms with Crippen LogP contribution in [0.25, 0.3) is 0 Å². The molecule has 16 heavy (non-hydrogen) atoms. The molecule has 0 aliphatic heterocycles. The lowest BCUT2D eigenvalue weighted by Crippen LogP contribution is -2.29. The van der Waals surface area contributed by atoms with Crippen molar-refractivity contribution in [1.29, 1.82) is 0 Å². The van der Waals surface area contributed by atoms with E-state index in [1.807, 2.05) is 13.8 Å². The molecule has 0 saturated carbocycles. The predicted octanol–water partition coefficient (Wildman–Crippen LogP) is 1.71. The molecule has 0 saturated heterocycles. The van der Waals surface area contributed by atoms with Crippen LogP contribution in [0.4, 0.5) is 10.1 Å². The van der Waals surface area contributed by atoms with Crippen molar-refractivity contribution in [3.05, 3.63) is 29.6 Å². The van der Waals surface area contributed by atoms with E-state index in [9.17, 15) is 9.50 Å². The first-order valence-electron chi connectivity index (χ1n) is 5.43. The van der Waals surface area contributed by atoms with Crippen LogP contribution in [-0.4, -0.2) is 17.8 Å². The van der Waals surface area contributed by atoms with Gasteiger partial charge in [0.05, 0.1) is 12.6 Å². The van der Waals surface area contributed by atoms with Gasteiger partial charge in [0.25, 0.3) is 0 Å². The van der Waals surface area contributed by atoms with Crippen LogP contribution in [0.1, 0.15) is 19.4 Å². The number of aliphatic hydroxyl groups is 1. The number of aliphatic hydroxyl groups excluding tert-OH is 1. The molecule has 0 aromatic heterocycles. The van der Waals surface area contributed by atoms with E-state index in [1.54, 1.807) is 6.07 Å². The van der Waals surface area contributed by atoms with Crippen LogP contribution >= 0.6 is 0 Å². The first kappa shape index (κ1) is 12.9. The van der Waals surface area contributed by atoms with Gasteiger partial charge in [0, 0.05) is 12.2 Å². The van der Waals surface area contributed by atoms with Crippen LogP contribution in [0.2, 0.25) is 0 Å². The smallest absolute Gasteiger partial charge is 0.125 e. The normalized spacial score (nSPS) is 12.9. The number of nitrogens with two attached hydrogens (primary N) is 1. The van der Waals surface area contributed by atoms with Crippen molar-refractivity contribution in [3.63, 3.8) is 0 Å². The van der Waals surface area contributed by atoms with E-state index in [0.29, 0.717) is 12.2 Å². The summed E-state index contributed by atoms with van der Waals surface area (Å²) >= 11 is 0. The second kappa shape index (κ2) is 5.82. The third-order valence-corrected chi connectivity index (χ3v) is 2.55. The van der Waals surface area contributed by atoms with E-state index >= 15 is 0 Å². The molecule has 4 N–H and O–H groups in total. The average molecular weight is 226 g/mol. The fourth-order valence-electron chi connectivity index (χ4n) is 1.49. The van der Waals surface area contributed by atoms with Gasteiger partial charge in [-0.25, -0.2) is 4.39 Å². The Morgan fingerprint density at radius 2 is 2.06 bits per heavy atom. The molecule has 1 atom stereocenters. The van der Waals surface area contributed by atoms with Gasteiger partial charge in [0.2, 0.25) is 0 Å². The van der Waals surface area contributed by atoms with Gasteiger partial charge in [-0.2, -0.15) is 0 Å². The van der Waals surface area contributed by atoms with Gasteiger partial charge in [-0.05, 0) is 29.7 Å². The largest absolute Gasteiger partial charge is 0.394 e. The predicted molar refractivity (Wildman–Crippen MR) is 63.6 cm³/mol. The number of anilines is 1. The van der Waals surface area contributed by atoms with Crippen LogP contribution in [0.15, 0.2) is 18.2 Å². The van der Waals surface area contributed by atoms with Crippen molar-refractivity contribution in [2.75, 3.05) is 11.9 Å². The molecule has 1 rings (SSSR count). The van der Waals surface area contributed by atoms with Crippen molar-refractivity contribution in [1.82, 2.24) is 0 Å². The topological polar surface area (TPSA) is 58.3 Å². The maximum absolute atomic E-state index is 13.2. The van der Waals surface area contributed by atoms with Crippen LogP contribution in [0.3, 0.4) is 0 Å². The zero-order valence-electron chi connectivity index (χ0n) is 9.70. The van der Waals surface area contributed by atoms with Gasteiger partial charge in [-0.1, -0.05) is 13.8 Å². The zero-order chi connectivity index (χ0) is 12.1. The van der Waals surface area contributed by atoms with Crippen molar-refractivity contribution in [2.45, 2.75) is 26.4 Å². The molecule has 0 amide bonds. The van der Waals surface area contributed by atoms with Crippen molar-refractivity contribution >= 4 is 5.69 Å². The van der Waals surface area contributed by atoms with E-state index in [1.165, 1.54) is 12.1 Å². The molecule has 0 fully saturated rings. The van der Waals surface area contributed by atoms with Crippen LogP contribution in [0, 0.1) is 11.7 Å². The van der Waals surface area contributed by atoms with E-state index in [4.69, 9.17) is 5.73 Å². The van der Waals surface area contributed by atoms with E-state index in [-0.39, 0.29) is 24.4 Å². The van der Waals surface area contributed by atoms with Gasteiger partial charge in [0.15, 0.2) is 0 Å². The number of rotatable bonds is 5. The summed E-state index contributed by atoms with van der Waals surface area (Å²) in [7, 11) is 0. The van der Waals surface area contributed by atoms with Gasteiger partial charge in [-0.3, -0.25) is 0 Å². The SMILES string of the molecule is CC(C)C(CO)Nc1cc(F)cc(CN)c1. The molecular weight excluding hydrogens is 207 g/mol. The first-order valence-corrected chi connectivity index (χ1v) is 5.43. The monoisotopic (exact) mass is 226 g/mol. The lowest BCUT2D eigenvalue weighted by molar-refractivity contribution is 0.249. The van der Waals surface area contributed by atoms with Gasteiger partial charge >= 0.3 is 0 Å². The molecule has 0 aliphatic rings. The maximum Gasteiger partial charge on any atom is 0.125 e. The lowest BCUT2D eigenvalue weighted by Gasteiger charge is -2.21. The molecule has 0 radical (unpaired) electrons. The Balaban J connectivity index is 2.83. The molecule has 3 nitrogen and oxygen atoms in total. The molecule has 0 aliphatic carbocycles. The number of hydrogen-bond acceptors (Lipinski definition) is 3. The summed E-state index contributed by atoms with van der Waals surface area (Å²) in [5.41, 5.74) is 6.87. The maximum atomic E-state index is 13.2. The quantitative estimate of drug-likeness (QED) is 0.716. The molecule has 1 aromatic rings. The Labute approximate surface area is 95.5 Å². The summed E-state index contributed by atoms with van der Waals surface area (Å²) in [6.45, 7) is 4.32. The van der Waals surface area contributed by atoms with Gasteiger partial charge in [0.1, 0.15) is 5.82 Å². The fourth-order valence-corrected chi connectivity index (χ4v) is 1.49. The standard InChI is InChI=1S/C12H19FN2O/c1-8(2)12(7-16)15-11-4-9(6-14)3-10(13)5-11/h3-5,8,12,15-16H,6-7,14H2,1-2H3. The molecule has 4 heteroatoms. The third kappa shape index (κ3) is 3.47. The Morgan fingerprint density at radius 1 is 1.38 bits per heavy atom. The summed E-state index contributed by atoms with van der Waals surface area (Å²) < 4.78 is 13.2. The van der Waals surface area contributed by atoms with Crippen molar-refractivity contribution in [2.24, 2.45) is 11.7 Å². The average Bonchev–Trinajstić information content (AvgIpc) is 2.24. The molecule has 0 bridgehead atoms. The highest BCUT2D eigenvalue weighted by atomic mass is 19.1. The first-order chi connectivity index (χ1) is 7.56. The minimum Gasteiger partial charge on any atom is -0.394 e. The summed E-state index contributed by atoms with van der Waals surface area (Å²) in [6, 6.07) is 4.54. The minimum absolute atomic E-state index is 0.0200. The molecule has 1 unspecified atom stereocenters. The Bertz CT molecular complexity index is 342. The summed E-state index contributed by atoms with van der Waals surface area (Å²) in [5.74, 6) is -0.0412. The second-order valence-corrected chi connectivity index (χ2v) is 4.23. The van der Waals surface area contributed by atoms with E-state index in [0.717, 1.165) is 5.56 Å². The number of hydrogen-bond donors (Lipinski definition) is 3. The fraction of sp³-hybridized carbons (Fsp3) is 0.500.